The fraction of sp³-hybridized carbons (Fsp3) is 0.682. The smallest absolute Gasteiger partial charge is 0.333 e. The third kappa shape index (κ3) is 10.0. The van der Waals surface area contributed by atoms with Crippen molar-refractivity contribution < 1.29 is 52.4 Å². The Balaban J connectivity index is 3.16. The quantitative estimate of drug-likeness (QED) is 0.233. The topological polar surface area (TPSA) is 141 Å². The standard InChI is InChI=1S/C22H32O11/c1-5-8-16(24)30-14-13-29-22(33-19(27)12-11-15(23)28-4)21(32-18(26)10-7-3)20(14)31-17(25)9-6-2/h11-12,14,20-22H,5-10,13H2,1-4H3/b12-11+/t14-,20-,21-,22+/m1/s1. The van der Waals surface area contributed by atoms with E-state index < -0.39 is 54.4 Å². The highest BCUT2D eigenvalue weighted by Gasteiger charge is 2.49. The zero-order valence-electron chi connectivity index (χ0n) is 19.4. The summed E-state index contributed by atoms with van der Waals surface area (Å²) in [6.45, 7) is 5.06. The zero-order valence-corrected chi connectivity index (χ0v) is 19.4. The molecule has 0 aromatic rings. The van der Waals surface area contributed by atoms with Gasteiger partial charge in [-0.05, 0) is 19.3 Å². The molecule has 0 saturated carbocycles. The van der Waals surface area contributed by atoms with Crippen LogP contribution in [0.25, 0.3) is 0 Å². The number of hydrogen-bond acceptors (Lipinski definition) is 11. The maximum Gasteiger partial charge on any atom is 0.333 e. The van der Waals surface area contributed by atoms with E-state index in [2.05, 4.69) is 4.74 Å². The monoisotopic (exact) mass is 472 g/mol. The van der Waals surface area contributed by atoms with E-state index in [1.54, 1.807) is 20.8 Å². The minimum absolute atomic E-state index is 0.0509. The van der Waals surface area contributed by atoms with Crippen LogP contribution in [0.2, 0.25) is 0 Å². The van der Waals surface area contributed by atoms with Crippen molar-refractivity contribution in [2.45, 2.75) is 83.9 Å². The van der Waals surface area contributed by atoms with Gasteiger partial charge >= 0.3 is 29.8 Å². The summed E-state index contributed by atoms with van der Waals surface area (Å²) in [6, 6.07) is 0. The van der Waals surface area contributed by atoms with Crippen molar-refractivity contribution in [2.24, 2.45) is 0 Å². The maximum atomic E-state index is 12.3. The molecule has 1 fully saturated rings. The van der Waals surface area contributed by atoms with Gasteiger partial charge in [0.05, 0.1) is 13.7 Å². The summed E-state index contributed by atoms with van der Waals surface area (Å²) in [7, 11) is 1.14. The van der Waals surface area contributed by atoms with Gasteiger partial charge in [0.25, 0.3) is 0 Å². The molecule has 186 valence electrons. The van der Waals surface area contributed by atoms with Crippen LogP contribution < -0.4 is 0 Å². The van der Waals surface area contributed by atoms with Crippen LogP contribution in [0.5, 0.6) is 0 Å². The summed E-state index contributed by atoms with van der Waals surface area (Å²) >= 11 is 0. The van der Waals surface area contributed by atoms with Gasteiger partial charge in [-0.15, -0.1) is 0 Å². The fourth-order valence-electron chi connectivity index (χ4n) is 2.83. The number of rotatable bonds is 12. The molecule has 11 heteroatoms. The molecule has 1 aliphatic rings. The highest BCUT2D eigenvalue weighted by molar-refractivity contribution is 5.91. The van der Waals surface area contributed by atoms with Crippen LogP contribution in [0, 0.1) is 0 Å². The van der Waals surface area contributed by atoms with Gasteiger partial charge in [0.15, 0.2) is 12.2 Å². The Labute approximate surface area is 192 Å². The van der Waals surface area contributed by atoms with E-state index in [0.717, 1.165) is 19.3 Å². The van der Waals surface area contributed by atoms with Gasteiger partial charge < -0.3 is 28.4 Å². The van der Waals surface area contributed by atoms with Gasteiger partial charge in [-0.1, -0.05) is 20.8 Å². The van der Waals surface area contributed by atoms with Gasteiger partial charge in [0.1, 0.15) is 0 Å². The lowest BCUT2D eigenvalue weighted by molar-refractivity contribution is -0.274. The molecule has 0 aromatic heterocycles. The van der Waals surface area contributed by atoms with Crippen LogP contribution in [0.15, 0.2) is 12.2 Å². The molecular formula is C22H32O11. The first-order valence-corrected chi connectivity index (χ1v) is 10.9. The van der Waals surface area contributed by atoms with Gasteiger partial charge in [-0.3, -0.25) is 14.4 Å². The van der Waals surface area contributed by atoms with Crippen molar-refractivity contribution in [3.63, 3.8) is 0 Å². The molecule has 0 N–H and O–H groups in total. The number of hydrogen-bond donors (Lipinski definition) is 0. The summed E-state index contributed by atoms with van der Waals surface area (Å²) in [6.07, 6.45) is -1.78. The molecule has 1 aliphatic heterocycles. The van der Waals surface area contributed by atoms with Crippen molar-refractivity contribution in [3.8, 4) is 0 Å². The Morgan fingerprint density at radius 1 is 0.727 bits per heavy atom. The Morgan fingerprint density at radius 2 is 1.21 bits per heavy atom. The summed E-state index contributed by atoms with van der Waals surface area (Å²) in [4.78, 5) is 59.9. The molecular weight excluding hydrogens is 440 g/mol. The first-order chi connectivity index (χ1) is 15.7. The average Bonchev–Trinajstić information content (AvgIpc) is 2.76. The molecule has 0 radical (unpaired) electrons. The zero-order chi connectivity index (χ0) is 24.8. The number of carbonyl (C=O) groups excluding carboxylic acids is 5. The third-order valence-corrected chi connectivity index (χ3v) is 4.35. The van der Waals surface area contributed by atoms with E-state index in [-0.39, 0.29) is 25.9 Å². The van der Waals surface area contributed by atoms with Crippen LogP contribution in [0.3, 0.4) is 0 Å². The van der Waals surface area contributed by atoms with E-state index >= 15 is 0 Å². The molecule has 0 aliphatic carbocycles. The van der Waals surface area contributed by atoms with E-state index in [9.17, 15) is 24.0 Å². The highest BCUT2D eigenvalue weighted by atomic mass is 16.7. The Hall–Kier alpha value is -2.95. The number of ether oxygens (including phenoxy) is 6. The normalized spacial score (nSPS) is 22.3. The second-order valence-electron chi connectivity index (χ2n) is 7.18. The molecule has 0 unspecified atom stereocenters. The second kappa shape index (κ2) is 15.0. The van der Waals surface area contributed by atoms with Crippen molar-refractivity contribution in [3.05, 3.63) is 12.2 Å². The summed E-state index contributed by atoms with van der Waals surface area (Å²) < 4.78 is 31.4. The molecule has 1 saturated heterocycles. The predicted octanol–water partition coefficient (Wildman–Crippen LogP) is 1.75. The van der Waals surface area contributed by atoms with Gasteiger partial charge in [-0.2, -0.15) is 0 Å². The first kappa shape index (κ1) is 28.1. The lowest BCUT2D eigenvalue weighted by atomic mass is 10.0. The van der Waals surface area contributed by atoms with Crippen LogP contribution >= 0.6 is 0 Å². The van der Waals surface area contributed by atoms with Crippen molar-refractivity contribution in [1.82, 2.24) is 0 Å². The molecule has 0 aromatic carbocycles. The van der Waals surface area contributed by atoms with E-state index in [1.807, 2.05) is 0 Å². The van der Waals surface area contributed by atoms with E-state index in [1.165, 1.54) is 0 Å². The highest BCUT2D eigenvalue weighted by Crippen LogP contribution is 2.26. The van der Waals surface area contributed by atoms with Crippen LogP contribution in [-0.2, 0) is 52.4 Å². The Kier molecular flexibility index (Phi) is 12.8. The molecule has 0 amide bonds. The predicted molar refractivity (Wildman–Crippen MR) is 111 cm³/mol. The van der Waals surface area contributed by atoms with Crippen molar-refractivity contribution >= 4 is 29.8 Å². The minimum atomic E-state index is -1.47. The minimum Gasteiger partial charge on any atom is -0.466 e. The molecule has 1 heterocycles. The van der Waals surface area contributed by atoms with Crippen LogP contribution in [-0.4, -0.2) is 68.2 Å². The Morgan fingerprint density at radius 3 is 1.73 bits per heavy atom. The lowest BCUT2D eigenvalue weighted by Gasteiger charge is -2.40. The molecule has 0 spiro atoms. The molecule has 0 bridgehead atoms. The average molecular weight is 472 g/mol. The number of esters is 5. The summed E-state index contributed by atoms with van der Waals surface area (Å²) in [5.41, 5.74) is 0. The summed E-state index contributed by atoms with van der Waals surface area (Å²) in [5.74, 6) is -3.56. The SMILES string of the molecule is CCCC(=O)O[C@H]1[C@H](OC(=O)/C=C/C(=O)OC)OC[C@@H](OC(=O)CCC)[C@H]1OC(=O)CCC. The van der Waals surface area contributed by atoms with Gasteiger partial charge in [0, 0.05) is 31.4 Å². The second-order valence-corrected chi connectivity index (χ2v) is 7.18. The van der Waals surface area contributed by atoms with Gasteiger partial charge in [-0.25, -0.2) is 9.59 Å². The molecule has 4 atom stereocenters. The molecule has 33 heavy (non-hydrogen) atoms. The first-order valence-electron chi connectivity index (χ1n) is 10.9. The largest absolute Gasteiger partial charge is 0.466 e. The maximum absolute atomic E-state index is 12.3. The lowest BCUT2D eigenvalue weighted by Crippen LogP contribution is -2.58. The molecule has 1 rings (SSSR count). The van der Waals surface area contributed by atoms with Crippen LogP contribution in [0.4, 0.5) is 0 Å². The number of carbonyl (C=O) groups is 5. The summed E-state index contributed by atoms with van der Waals surface area (Å²) in [5, 5.41) is 0. The third-order valence-electron chi connectivity index (χ3n) is 4.35. The van der Waals surface area contributed by atoms with Crippen molar-refractivity contribution in [1.29, 1.82) is 0 Å². The van der Waals surface area contributed by atoms with Gasteiger partial charge in [0.2, 0.25) is 12.4 Å². The van der Waals surface area contributed by atoms with Crippen LogP contribution in [0.1, 0.15) is 59.3 Å². The van der Waals surface area contributed by atoms with E-state index in [0.29, 0.717) is 19.3 Å². The number of methoxy groups -OCH3 is 1. The van der Waals surface area contributed by atoms with Crippen molar-refractivity contribution in [2.75, 3.05) is 13.7 Å². The van der Waals surface area contributed by atoms with E-state index in [4.69, 9.17) is 23.7 Å². The Bertz CT molecular complexity index is 715. The fourth-order valence-corrected chi connectivity index (χ4v) is 2.83. The molecule has 11 nitrogen and oxygen atoms in total.